The van der Waals surface area contributed by atoms with Crippen LogP contribution in [0.2, 0.25) is 5.15 Å². The lowest BCUT2D eigenvalue weighted by atomic mass is 10.0. The van der Waals surface area contributed by atoms with Gasteiger partial charge in [0, 0.05) is 19.2 Å². The highest BCUT2D eigenvalue weighted by molar-refractivity contribution is 6.30. The number of halogens is 1. The Bertz CT molecular complexity index is 757. The summed E-state index contributed by atoms with van der Waals surface area (Å²) in [5, 5.41) is 5.01. The highest BCUT2D eigenvalue weighted by Crippen LogP contribution is 2.37. The standard InChI is InChI=1S/C18H22ClN3O2/c1-12-17(18(19)21(2)20-12)15-8-5-9-22(15)16(23)11-13-6-4-7-14(10-13)24-3/h4,6-7,10,15H,5,8-9,11H2,1-3H3/t15-/m1/s1. The Kier molecular flexibility index (Phi) is 4.81. The van der Waals surface area contributed by atoms with Gasteiger partial charge in [-0.05, 0) is 37.5 Å². The largest absolute Gasteiger partial charge is 0.497 e. The van der Waals surface area contributed by atoms with Crippen LogP contribution in [0.1, 0.15) is 35.7 Å². The Morgan fingerprint density at radius 2 is 2.25 bits per heavy atom. The lowest BCUT2D eigenvalue weighted by Crippen LogP contribution is -2.32. The summed E-state index contributed by atoms with van der Waals surface area (Å²) < 4.78 is 6.91. The van der Waals surface area contributed by atoms with E-state index in [1.165, 1.54) is 0 Å². The van der Waals surface area contributed by atoms with E-state index in [0.717, 1.165) is 42.0 Å². The first-order valence-corrected chi connectivity index (χ1v) is 8.50. The molecule has 0 aliphatic carbocycles. The second kappa shape index (κ2) is 6.85. The van der Waals surface area contributed by atoms with Crippen LogP contribution in [0.5, 0.6) is 5.75 Å². The quantitative estimate of drug-likeness (QED) is 0.852. The molecule has 5 nitrogen and oxygen atoms in total. The first-order valence-electron chi connectivity index (χ1n) is 8.12. The number of ether oxygens (including phenoxy) is 1. The van der Waals surface area contributed by atoms with Crippen molar-refractivity contribution in [2.75, 3.05) is 13.7 Å². The molecule has 1 atom stereocenters. The van der Waals surface area contributed by atoms with Gasteiger partial charge in [0.25, 0.3) is 0 Å². The highest BCUT2D eigenvalue weighted by atomic mass is 35.5. The summed E-state index contributed by atoms with van der Waals surface area (Å²) in [5.41, 5.74) is 2.84. The third kappa shape index (κ3) is 3.13. The first-order chi connectivity index (χ1) is 11.5. The monoisotopic (exact) mass is 347 g/mol. The average Bonchev–Trinajstić information content (AvgIpc) is 3.12. The van der Waals surface area contributed by atoms with Gasteiger partial charge in [0.05, 0.1) is 25.3 Å². The molecule has 1 aromatic heterocycles. The van der Waals surface area contributed by atoms with Crippen LogP contribution in [-0.2, 0) is 18.3 Å². The topological polar surface area (TPSA) is 47.4 Å². The Balaban J connectivity index is 1.81. The van der Waals surface area contributed by atoms with Gasteiger partial charge in [-0.1, -0.05) is 23.7 Å². The molecule has 1 aromatic carbocycles. The van der Waals surface area contributed by atoms with Crippen LogP contribution in [-0.4, -0.2) is 34.2 Å². The summed E-state index contributed by atoms with van der Waals surface area (Å²) in [5.74, 6) is 0.884. The smallest absolute Gasteiger partial charge is 0.227 e. The summed E-state index contributed by atoms with van der Waals surface area (Å²) in [6, 6.07) is 7.67. The highest BCUT2D eigenvalue weighted by Gasteiger charge is 2.33. The van der Waals surface area contributed by atoms with E-state index in [1.54, 1.807) is 11.8 Å². The fraction of sp³-hybridized carbons (Fsp3) is 0.444. The molecule has 6 heteroatoms. The summed E-state index contributed by atoms with van der Waals surface area (Å²) >= 11 is 6.41. The molecule has 0 radical (unpaired) electrons. The van der Waals surface area contributed by atoms with Crippen LogP contribution in [0.3, 0.4) is 0 Å². The Morgan fingerprint density at radius 3 is 2.92 bits per heavy atom. The number of aromatic nitrogens is 2. The molecule has 1 aliphatic heterocycles. The molecular weight excluding hydrogens is 326 g/mol. The van der Waals surface area contributed by atoms with Crippen molar-refractivity contribution in [2.45, 2.75) is 32.2 Å². The Labute approximate surface area is 147 Å². The van der Waals surface area contributed by atoms with Gasteiger partial charge < -0.3 is 9.64 Å². The number of hydrogen-bond acceptors (Lipinski definition) is 3. The Morgan fingerprint density at radius 1 is 1.46 bits per heavy atom. The second-order valence-corrected chi connectivity index (χ2v) is 6.54. The normalized spacial score (nSPS) is 17.3. The van der Waals surface area contributed by atoms with Gasteiger partial charge in [0.2, 0.25) is 5.91 Å². The molecule has 1 aliphatic rings. The van der Waals surface area contributed by atoms with E-state index in [2.05, 4.69) is 5.10 Å². The lowest BCUT2D eigenvalue weighted by Gasteiger charge is -2.25. The van der Waals surface area contributed by atoms with Gasteiger partial charge in [-0.2, -0.15) is 5.10 Å². The van der Waals surface area contributed by atoms with Crippen LogP contribution in [0, 0.1) is 6.92 Å². The van der Waals surface area contributed by atoms with Gasteiger partial charge in [0.1, 0.15) is 10.9 Å². The minimum absolute atomic E-state index is 0.0179. The molecule has 0 N–H and O–H groups in total. The van der Waals surface area contributed by atoms with Crippen molar-refractivity contribution in [1.29, 1.82) is 0 Å². The number of methoxy groups -OCH3 is 1. The van der Waals surface area contributed by atoms with Crippen molar-refractivity contribution in [3.05, 3.63) is 46.2 Å². The number of aryl methyl sites for hydroxylation is 2. The molecule has 24 heavy (non-hydrogen) atoms. The number of rotatable bonds is 4. The van der Waals surface area contributed by atoms with Crippen LogP contribution in [0.25, 0.3) is 0 Å². The number of carbonyl (C=O) groups excluding carboxylic acids is 1. The SMILES string of the molecule is COc1cccc(CC(=O)N2CCC[C@@H]2c2c(C)nn(C)c2Cl)c1. The number of benzene rings is 1. The second-order valence-electron chi connectivity index (χ2n) is 6.19. The number of likely N-dealkylation sites (tertiary alicyclic amines) is 1. The third-order valence-corrected chi connectivity index (χ3v) is 5.04. The van der Waals surface area contributed by atoms with Crippen molar-refractivity contribution in [1.82, 2.24) is 14.7 Å². The van der Waals surface area contributed by atoms with E-state index in [9.17, 15) is 4.79 Å². The van der Waals surface area contributed by atoms with Crippen molar-refractivity contribution < 1.29 is 9.53 Å². The lowest BCUT2D eigenvalue weighted by molar-refractivity contribution is -0.131. The van der Waals surface area contributed by atoms with E-state index in [0.29, 0.717) is 11.6 Å². The van der Waals surface area contributed by atoms with E-state index >= 15 is 0 Å². The molecule has 128 valence electrons. The van der Waals surface area contributed by atoms with Gasteiger partial charge in [-0.15, -0.1) is 0 Å². The zero-order chi connectivity index (χ0) is 17.3. The molecule has 1 amide bonds. The predicted molar refractivity (Wildman–Crippen MR) is 93.3 cm³/mol. The summed E-state index contributed by atoms with van der Waals surface area (Å²) in [6.07, 6.45) is 2.28. The molecule has 0 unspecified atom stereocenters. The van der Waals surface area contributed by atoms with Crippen molar-refractivity contribution in [2.24, 2.45) is 7.05 Å². The fourth-order valence-corrected chi connectivity index (χ4v) is 3.75. The number of nitrogens with zero attached hydrogens (tertiary/aromatic N) is 3. The maximum Gasteiger partial charge on any atom is 0.227 e. The van der Waals surface area contributed by atoms with Gasteiger partial charge >= 0.3 is 0 Å². The predicted octanol–water partition coefficient (Wildman–Crippen LogP) is 3.30. The van der Waals surface area contributed by atoms with E-state index in [-0.39, 0.29) is 11.9 Å². The van der Waals surface area contributed by atoms with E-state index in [4.69, 9.17) is 16.3 Å². The van der Waals surface area contributed by atoms with Gasteiger partial charge in [-0.3, -0.25) is 9.48 Å². The number of carbonyl (C=O) groups is 1. The Hall–Kier alpha value is -2.01. The molecular formula is C18H22ClN3O2. The molecule has 1 fully saturated rings. The molecule has 0 spiro atoms. The maximum absolute atomic E-state index is 12.8. The van der Waals surface area contributed by atoms with Gasteiger partial charge in [-0.25, -0.2) is 0 Å². The van der Waals surface area contributed by atoms with Crippen molar-refractivity contribution in [3.63, 3.8) is 0 Å². The van der Waals surface area contributed by atoms with E-state index < -0.39 is 0 Å². The summed E-state index contributed by atoms with van der Waals surface area (Å²) in [7, 11) is 3.46. The van der Waals surface area contributed by atoms with Crippen LogP contribution >= 0.6 is 11.6 Å². The maximum atomic E-state index is 12.8. The average molecular weight is 348 g/mol. The van der Waals surface area contributed by atoms with Crippen molar-refractivity contribution in [3.8, 4) is 5.75 Å². The zero-order valence-electron chi connectivity index (χ0n) is 14.3. The molecule has 0 bridgehead atoms. The minimum Gasteiger partial charge on any atom is -0.497 e. The molecule has 2 heterocycles. The molecule has 2 aromatic rings. The van der Waals surface area contributed by atoms with Crippen LogP contribution < -0.4 is 4.74 Å². The molecule has 1 saturated heterocycles. The fourth-order valence-electron chi connectivity index (χ4n) is 3.45. The number of amides is 1. The molecule has 0 saturated carbocycles. The summed E-state index contributed by atoms with van der Waals surface area (Å²) in [4.78, 5) is 14.8. The van der Waals surface area contributed by atoms with Crippen LogP contribution in [0.4, 0.5) is 0 Å². The molecule has 3 rings (SSSR count). The zero-order valence-corrected chi connectivity index (χ0v) is 15.0. The van der Waals surface area contributed by atoms with Gasteiger partial charge in [0.15, 0.2) is 0 Å². The number of hydrogen-bond donors (Lipinski definition) is 0. The van der Waals surface area contributed by atoms with E-state index in [1.807, 2.05) is 43.1 Å². The van der Waals surface area contributed by atoms with Crippen LogP contribution in [0.15, 0.2) is 24.3 Å². The van der Waals surface area contributed by atoms with Crippen molar-refractivity contribution >= 4 is 17.5 Å². The summed E-state index contributed by atoms with van der Waals surface area (Å²) in [6.45, 7) is 2.71. The minimum atomic E-state index is 0.0179. The first kappa shape index (κ1) is 16.8. The third-order valence-electron chi connectivity index (χ3n) is 4.59.